The van der Waals surface area contributed by atoms with Crippen LogP contribution in [-0.2, 0) is 9.47 Å². The molecule has 2 heteroatoms. The minimum atomic E-state index is 0.544. The molecule has 0 aromatic heterocycles. The molecule has 4 rings (SSSR count). The van der Waals surface area contributed by atoms with E-state index < -0.39 is 0 Å². The van der Waals surface area contributed by atoms with E-state index in [9.17, 15) is 0 Å². The lowest BCUT2D eigenvalue weighted by Crippen LogP contribution is -2.31. The molecule has 0 radical (unpaired) electrons. The van der Waals surface area contributed by atoms with Crippen LogP contribution < -0.4 is 0 Å². The Kier molecular flexibility index (Phi) is 12.7. The molecule has 0 amide bonds. The number of allylic oxidation sites excluding steroid dienone is 1. The first kappa shape index (κ1) is 28.7. The van der Waals surface area contributed by atoms with Gasteiger partial charge in [-0.1, -0.05) is 50.7 Å². The summed E-state index contributed by atoms with van der Waals surface area (Å²) >= 11 is 0. The quantitative estimate of drug-likeness (QED) is 0.185. The highest BCUT2D eigenvalue weighted by atomic mass is 16.5. The Hall–Kier alpha value is -0.340. The lowest BCUT2D eigenvalue weighted by molar-refractivity contribution is 0.00236. The van der Waals surface area contributed by atoms with Crippen LogP contribution in [0.1, 0.15) is 141 Å². The second kappa shape index (κ2) is 15.9. The standard InChI is InChI=1S/C34H60O2/c1-27-9-11-28(12-10-27)7-3-4-8-29-13-15-30(16-14-29)31-17-19-32(20-18-31)33-21-23-34(24-22-33)36-26-6-5-25-35-2/h28-34H,1,3-26H2,2H3. The van der Waals surface area contributed by atoms with E-state index >= 15 is 0 Å². The molecule has 0 spiro atoms. The molecule has 2 nitrogen and oxygen atoms in total. The van der Waals surface area contributed by atoms with Gasteiger partial charge in [0.15, 0.2) is 0 Å². The van der Waals surface area contributed by atoms with E-state index in [1.165, 1.54) is 95.5 Å². The van der Waals surface area contributed by atoms with Crippen LogP contribution in [0.25, 0.3) is 0 Å². The molecule has 0 N–H and O–H groups in total. The maximum atomic E-state index is 6.17. The van der Waals surface area contributed by atoms with Crippen LogP contribution in [0.15, 0.2) is 12.2 Å². The first-order chi connectivity index (χ1) is 17.7. The van der Waals surface area contributed by atoms with Crippen LogP contribution >= 0.6 is 0 Å². The summed E-state index contributed by atoms with van der Waals surface area (Å²) in [5.74, 6) is 6.24. The molecular weight excluding hydrogens is 440 g/mol. The summed E-state index contributed by atoms with van der Waals surface area (Å²) in [6, 6.07) is 0. The van der Waals surface area contributed by atoms with Crippen LogP contribution in [0.2, 0.25) is 0 Å². The number of unbranched alkanes of at least 4 members (excludes halogenated alkanes) is 2. The third-order valence-electron chi connectivity index (χ3n) is 11.1. The highest BCUT2D eigenvalue weighted by Gasteiger charge is 2.34. The van der Waals surface area contributed by atoms with Gasteiger partial charge in [0.05, 0.1) is 6.10 Å². The van der Waals surface area contributed by atoms with Crippen LogP contribution in [0.4, 0.5) is 0 Å². The SMILES string of the molecule is C=C1CCC(CCCCC2CCC(C3CCC(C4CCC(OCCCCOC)CC4)CC3)CC2)CC1. The third kappa shape index (κ3) is 9.44. The zero-order valence-corrected chi connectivity index (χ0v) is 24.0. The van der Waals surface area contributed by atoms with Crippen LogP contribution in [0.3, 0.4) is 0 Å². The number of hydrogen-bond donors (Lipinski definition) is 0. The Labute approximate surface area is 224 Å². The van der Waals surface area contributed by atoms with Gasteiger partial charge in [-0.15, -0.1) is 0 Å². The van der Waals surface area contributed by atoms with Crippen LogP contribution in [0, 0.1) is 35.5 Å². The van der Waals surface area contributed by atoms with E-state index in [0.717, 1.165) is 61.6 Å². The number of methoxy groups -OCH3 is 1. The molecule has 4 fully saturated rings. The molecule has 0 aliphatic heterocycles. The molecule has 0 atom stereocenters. The minimum absolute atomic E-state index is 0.544. The van der Waals surface area contributed by atoms with Gasteiger partial charge in [0.25, 0.3) is 0 Å². The molecule has 208 valence electrons. The molecular formula is C34H60O2. The fourth-order valence-corrected chi connectivity index (χ4v) is 8.60. The summed E-state index contributed by atoms with van der Waals surface area (Å²) in [4.78, 5) is 0. The molecule has 4 aliphatic rings. The first-order valence-electron chi connectivity index (χ1n) is 16.5. The van der Waals surface area contributed by atoms with Gasteiger partial charge in [-0.25, -0.2) is 0 Å². The predicted octanol–water partition coefficient (Wildman–Crippen LogP) is 9.91. The van der Waals surface area contributed by atoms with Crippen molar-refractivity contribution in [1.29, 1.82) is 0 Å². The molecule has 0 unspecified atom stereocenters. The van der Waals surface area contributed by atoms with E-state index in [-0.39, 0.29) is 0 Å². The van der Waals surface area contributed by atoms with Crippen LogP contribution in [0.5, 0.6) is 0 Å². The van der Waals surface area contributed by atoms with Gasteiger partial charge in [-0.05, 0) is 138 Å². The lowest BCUT2D eigenvalue weighted by Gasteiger charge is -2.41. The normalized spacial score (nSPS) is 34.6. The van der Waals surface area contributed by atoms with Crippen molar-refractivity contribution in [2.24, 2.45) is 35.5 Å². The van der Waals surface area contributed by atoms with Gasteiger partial charge >= 0.3 is 0 Å². The third-order valence-corrected chi connectivity index (χ3v) is 11.1. The zero-order valence-electron chi connectivity index (χ0n) is 24.0. The van der Waals surface area contributed by atoms with Crippen LogP contribution in [-0.4, -0.2) is 26.4 Å². The fraction of sp³-hybridized carbons (Fsp3) is 0.941. The highest BCUT2D eigenvalue weighted by Crippen LogP contribution is 2.46. The second-order valence-electron chi connectivity index (χ2n) is 13.5. The van der Waals surface area contributed by atoms with Gasteiger partial charge in [0.2, 0.25) is 0 Å². The first-order valence-corrected chi connectivity index (χ1v) is 16.5. The number of ether oxygens (including phenoxy) is 2. The molecule has 0 bridgehead atoms. The van der Waals surface area contributed by atoms with Gasteiger partial charge in [-0.3, -0.25) is 0 Å². The second-order valence-corrected chi connectivity index (χ2v) is 13.5. The summed E-state index contributed by atoms with van der Waals surface area (Å²) < 4.78 is 11.3. The Morgan fingerprint density at radius 3 is 1.53 bits per heavy atom. The van der Waals surface area contributed by atoms with Crippen molar-refractivity contribution in [2.75, 3.05) is 20.3 Å². The largest absolute Gasteiger partial charge is 0.385 e. The summed E-state index contributed by atoms with van der Waals surface area (Å²) in [5.41, 5.74) is 1.51. The topological polar surface area (TPSA) is 18.5 Å². The summed E-state index contributed by atoms with van der Waals surface area (Å²) in [5, 5.41) is 0. The lowest BCUT2D eigenvalue weighted by atomic mass is 9.65. The minimum Gasteiger partial charge on any atom is -0.385 e. The summed E-state index contributed by atoms with van der Waals surface area (Å²) in [6.45, 7) is 5.99. The Balaban J connectivity index is 1.02. The molecule has 4 aliphatic carbocycles. The zero-order chi connectivity index (χ0) is 25.0. The van der Waals surface area contributed by atoms with Crippen molar-refractivity contribution in [2.45, 2.75) is 147 Å². The Morgan fingerprint density at radius 1 is 0.556 bits per heavy atom. The van der Waals surface area contributed by atoms with Crippen molar-refractivity contribution < 1.29 is 9.47 Å². The highest BCUT2D eigenvalue weighted by molar-refractivity contribution is 4.98. The predicted molar refractivity (Wildman–Crippen MR) is 153 cm³/mol. The van der Waals surface area contributed by atoms with Crippen molar-refractivity contribution in [3.8, 4) is 0 Å². The van der Waals surface area contributed by atoms with Gasteiger partial charge in [-0.2, -0.15) is 0 Å². The van der Waals surface area contributed by atoms with Gasteiger partial charge < -0.3 is 9.47 Å². The molecule has 4 saturated carbocycles. The molecule has 0 saturated heterocycles. The van der Waals surface area contributed by atoms with E-state index in [4.69, 9.17) is 9.47 Å². The monoisotopic (exact) mass is 500 g/mol. The van der Waals surface area contributed by atoms with E-state index in [1.807, 2.05) is 0 Å². The molecule has 0 heterocycles. The number of hydrogen-bond acceptors (Lipinski definition) is 2. The van der Waals surface area contributed by atoms with Crippen molar-refractivity contribution >= 4 is 0 Å². The van der Waals surface area contributed by atoms with E-state index in [2.05, 4.69) is 6.58 Å². The summed E-state index contributed by atoms with van der Waals surface area (Å²) in [7, 11) is 1.79. The Bertz CT molecular complexity index is 580. The summed E-state index contributed by atoms with van der Waals surface area (Å²) in [6.07, 6.45) is 32.2. The van der Waals surface area contributed by atoms with Crippen molar-refractivity contribution in [1.82, 2.24) is 0 Å². The fourth-order valence-electron chi connectivity index (χ4n) is 8.60. The molecule has 0 aromatic carbocycles. The maximum absolute atomic E-state index is 6.17. The van der Waals surface area contributed by atoms with E-state index in [0.29, 0.717) is 6.10 Å². The molecule has 0 aromatic rings. The van der Waals surface area contributed by atoms with E-state index in [1.54, 1.807) is 45.6 Å². The molecule has 36 heavy (non-hydrogen) atoms. The average Bonchev–Trinajstić information content (AvgIpc) is 2.93. The Morgan fingerprint density at radius 2 is 1.00 bits per heavy atom. The van der Waals surface area contributed by atoms with Gasteiger partial charge in [0.1, 0.15) is 0 Å². The smallest absolute Gasteiger partial charge is 0.0575 e. The van der Waals surface area contributed by atoms with Gasteiger partial charge in [0, 0.05) is 20.3 Å². The average molecular weight is 501 g/mol. The van der Waals surface area contributed by atoms with Crippen molar-refractivity contribution in [3.63, 3.8) is 0 Å². The number of rotatable bonds is 13. The maximum Gasteiger partial charge on any atom is 0.0575 e. The van der Waals surface area contributed by atoms with Crippen molar-refractivity contribution in [3.05, 3.63) is 12.2 Å².